The van der Waals surface area contributed by atoms with Gasteiger partial charge in [0.1, 0.15) is 12.1 Å². The van der Waals surface area contributed by atoms with Gasteiger partial charge in [0.05, 0.1) is 0 Å². The van der Waals surface area contributed by atoms with Crippen LogP contribution in [-0.2, 0) is 27.3 Å². The Bertz CT molecular complexity index is 1480. The monoisotopic (exact) mass is 616 g/mol. The molecular formula is C35H41ClN4O4. The van der Waals surface area contributed by atoms with Crippen LogP contribution in [-0.4, -0.2) is 53.6 Å². The summed E-state index contributed by atoms with van der Waals surface area (Å²) in [5.74, 6) is -0.724. The van der Waals surface area contributed by atoms with Crippen molar-refractivity contribution >= 4 is 40.8 Å². The molecule has 1 aliphatic heterocycles. The van der Waals surface area contributed by atoms with E-state index < -0.39 is 18.0 Å². The summed E-state index contributed by atoms with van der Waals surface area (Å²) < 4.78 is 0. The SMILES string of the molecule is Cc1cc(NC(=O)C(CCNCC(C)C)NC(=O)C2Cc3ccccc3CN2C(=O)CCC(=O)c2ccccc2)ccc1Cl. The van der Waals surface area contributed by atoms with Gasteiger partial charge in [-0.1, -0.05) is 80.0 Å². The minimum Gasteiger partial charge on any atom is -0.342 e. The van der Waals surface area contributed by atoms with Crippen LogP contribution in [0.4, 0.5) is 5.69 Å². The van der Waals surface area contributed by atoms with Gasteiger partial charge >= 0.3 is 0 Å². The molecule has 44 heavy (non-hydrogen) atoms. The number of Topliss-reactive ketones (excluding diaryl/α,β-unsaturated/α-hetero) is 1. The number of anilines is 1. The average Bonchev–Trinajstić information content (AvgIpc) is 3.02. The number of carbonyl (C=O) groups excluding carboxylic acids is 4. The summed E-state index contributed by atoms with van der Waals surface area (Å²) in [7, 11) is 0. The minimum atomic E-state index is -0.841. The van der Waals surface area contributed by atoms with Crippen molar-refractivity contribution in [1.29, 1.82) is 0 Å². The number of nitrogens with zero attached hydrogens (tertiary/aromatic N) is 1. The highest BCUT2D eigenvalue weighted by atomic mass is 35.5. The molecule has 0 saturated carbocycles. The first-order chi connectivity index (χ1) is 21.1. The molecule has 0 bridgehead atoms. The molecule has 3 aromatic carbocycles. The molecule has 9 heteroatoms. The van der Waals surface area contributed by atoms with Gasteiger partial charge in [-0.15, -0.1) is 0 Å². The summed E-state index contributed by atoms with van der Waals surface area (Å²) in [6.45, 7) is 7.61. The van der Waals surface area contributed by atoms with E-state index in [1.807, 2.05) is 37.3 Å². The number of amides is 3. The molecule has 3 aromatic rings. The summed E-state index contributed by atoms with van der Waals surface area (Å²) in [4.78, 5) is 55.2. The fraction of sp³-hybridized carbons (Fsp3) is 0.371. The molecule has 232 valence electrons. The first kappa shape index (κ1) is 32.9. The van der Waals surface area contributed by atoms with E-state index in [4.69, 9.17) is 11.6 Å². The Labute approximate surface area is 264 Å². The highest BCUT2D eigenvalue weighted by molar-refractivity contribution is 6.31. The molecule has 2 atom stereocenters. The largest absolute Gasteiger partial charge is 0.342 e. The Balaban J connectivity index is 1.50. The molecule has 0 fully saturated rings. The minimum absolute atomic E-state index is 0.0152. The van der Waals surface area contributed by atoms with Crippen LogP contribution in [0.5, 0.6) is 0 Å². The fourth-order valence-electron chi connectivity index (χ4n) is 5.28. The summed E-state index contributed by atoms with van der Waals surface area (Å²) >= 11 is 6.16. The Hall–Kier alpha value is -4.01. The van der Waals surface area contributed by atoms with Gasteiger partial charge in [-0.25, -0.2) is 0 Å². The smallest absolute Gasteiger partial charge is 0.246 e. The number of carbonyl (C=O) groups is 4. The van der Waals surface area contributed by atoms with E-state index in [0.29, 0.717) is 41.6 Å². The Morgan fingerprint density at radius 3 is 2.34 bits per heavy atom. The third-order valence-electron chi connectivity index (χ3n) is 7.75. The van der Waals surface area contributed by atoms with Crippen molar-refractivity contribution in [2.24, 2.45) is 5.92 Å². The standard InChI is InChI=1S/C35H41ClN4O4/c1-23(2)21-37-18-17-30(34(43)38-28-13-14-29(36)24(3)19-28)39-35(44)31-20-26-11-7-8-12-27(26)22-40(31)33(42)16-15-32(41)25-9-5-4-6-10-25/h4-14,19,23,30-31,37H,15-18,20-22H2,1-3H3,(H,38,43)(H,39,44). The third kappa shape index (κ3) is 9.00. The number of rotatable bonds is 13. The summed E-state index contributed by atoms with van der Waals surface area (Å²) in [5, 5.41) is 9.79. The van der Waals surface area contributed by atoms with Crippen molar-refractivity contribution in [3.63, 3.8) is 0 Å². The molecule has 4 rings (SSSR count). The van der Waals surface area contributed by atoms with Gasteiger partial charge < -0.3 is 20.9 Å². The molecule has 2 unspecified atom stereocenters. The maximum absolute atomic E-state index is 13.9. The first-order valence-corrected chi connectivity index (χ1v) is 15.5. The van der Waals surface area contributed by atoms with Crippen LogP contribution in [0.2, 0.25) is 5.02 Å². The molecule has 3 amide bonds. The zero-order chi connectivity index (χ0) is 31.6. The molecule has 1 heterocycles. The zero-order valence-electron chi connectivity index (χ0n) is 25.6. The number of aryl methyl sites for hydroxylation is 1. The van der Waals surface area contributed by atoms with Gasteiger partial charge in [-0.3, -0.25) is 19.2 Å². The zero-order valence-corrected chi connectivity index (χ0v) is 26.3. The van der Waals surface area contributed by atoms with Crippen molar-refractivity contribution in [2.75, 3.05) is 18.4 Å². The molecule has 3 N–H and O–H groups in total. The van der Waals surface area contributed by atoms with E-state index in [1.165, 1.54) is 0 Å². The van der Waals surface area contributed by atoms with Gasteiger partial charge in [-0.2, -0.15) is 0 Å². The number of nitrogens with one attached hydrogen (secondary N) is 3. The predicted octanol–water partition coefficient (Wildman–Crippen LogP) is 5.32. The number of hydrogen-bond donors (Lipinski definition) is 3. The lowest BCUT2D eigenvalue weighted by molar-refractivity contribution is -0.142. The molecule has 0 saturated heterocycles. The lowest BCUT2D eigenvalue weighted by Crippen LogP contribution is -2.56. The maximum atomic E-state index is 13.9. The summed E-state index contributed by atoms with van der Waals surface area (Å²) in [6, 6.07) is 20.2. The highest BCUT2D eigenvalue weighted by Gasteiger charge is 2.36. The van der Waals surface area contributed by atoms with Crippen molar-refractivity contribution in [3.8, 4) is 0 Å². The van der Waals surface area contributed by atoms with Crippen LogP contribution in [0.25, 0.3) is 0 Å². The van der Waals surface area contributed by atoms with Crippen molar-refractivity contribution in [2.45, 2.75) is 65.1 Å². The summed E-state index contributed by atoms with van der Waals surface area (Å²) in [6.07, 6.45) is 0.706. The van der Waals surface area contributed by atoms with Gasteiger partial charge in [0.25, 0.3) is 0 Å². The molecule has 1 aliphatic rings. The molecular weight excluding hydrogens is 576 g/mol. The van der Waals surface area contributed by atoms with Gasteiger partial charge in [-0.05, 0) is 67.2 Å². The van der Waals surface area contributed by atoms with Crippen molar-refractivity contribution in [1.82, 2.24) is 15.5 Å². The number of hydrogen-bond acceptors (Lipinski definition) is 5. The van der Waals surface area contributed by atoms with E-state index in [-0.39, 0.29) is 37.0 Å². The Morgan fingerprint density at radius 1 is 0.932 bits per heavy atom. The highest BCUT2D eigenvalue weighted by Crippen LogP contribution is 2.25. The molecule has 0 aromatic heterocycles. The van der Waals surface area contributed by atoms with Crippen LogP contribution >= 0.6 is 11.6 Å². The normalized spacial score (nSPS) is 14.9. The van der Waals surface area contributed by atoms with E-state index in [1.54, 1.807) is 47.4 Å². The molecule has 8 nitrogen and oxygen atoms in total. The molecule has 0 spiro atoms. The van der Waals surface area contributed by atoms with Gasteiger partial charge in [0.2, 0.25) is 17.7 Å². The van der Waals surface area contributed by atoms with E-state index in [0.717, 1.165) is 23.2 Å². The number of ketones is 1. The predicted molar refractivity (Wildman–Crippen MR) is 174 cm³/mol. The Kier molecular flexibility index (Phi) is 11.7. The molecule has 0 aliphatic carbocycles. The number of fused-ring (bicyclic) bond motifs is 1. The Morgan fingerprint density at radius 2 is 1.64 bits per heavy atom. The van der Waals surface area contributed by atoms with E-state index in [9.17, 15) is 19.2 Å². The second kappa shape index (κ2) is 15.6. The van der Waals surface area contributed by atoms with Gasteiger partial charge in [0, 0.05) is 42.1 Å². The second-order valence-electron chi connectivity index (χ2n) is 11.7. The average molecular weight is 617 g/mol. The van der Waals surface area contributed by atoms with E-state index in [2.05, 4.69) is 29.8 Å². The number of benzene rings is 3. The maximum Gasteiger partial charge on any atom is 0.246 e. The van der Waals surface area contributed by atoms with Crippen LogP contribution in [0, 0.1) is 12.8 Å². The fourth-order valence-corrected chi connectivity index (χ4v) is 5.40. The lowest BCUT2D eigenvalue weighted by atomic mass is 9.92. The van der Waals surface area contributed by atoms with Crippen molar-refractivity contribution < 1.29 is 19.2 Å². The first-order valence-electron chi connectivity index (χ1n) is 15.1. The molecule has 0 radical (unpaired) electrons. The van der Waals surface area contributed by atoms with Crippen LogP contribution in [0.15, 0.2) is 72.8 Å². The van der Waals surface area contributed by atoms with Gasteiger partial charge in [0.15, 0.2) is 5.78 Å². The number of halogens is 1. The summed E-state index contributed by atoms with van der Waals surface area (Å²) in [5.41, 5.74) is 3.90. The van der Waals surface area contributed by atoms with Crippen LogP contribution in [0.3, 0.4) is 0 Å². The lowest BCUT2D eigenvalue weighted by Gasteiger charge is -2.37. The van der Waals surface area contributed by atoms with Crippen LogP contribution in [0.1, 0.15) is 60.2 Å². The second-order valence-corrected chi connectivity index (χ2v) is 12.1. The third-order valence-corrected chi connectivity index (χ3v) is 8.18. The van der Waals surface area contributed by atoms with E-state index >= 15 is 0 Å². The van der Waals surface area contributed by atoms with Crippen LogP contribution < -0.4 is 16.0 Å². The topological polar surface area (TPSA) is 108 Å². The van der Waals surface area contributed by atoms with Crippen molar-refractivity contribution in [3.05, 3.63) is 100 Å². The quantitative estimate of drug-likeness (QED) is 0.178.